The maximum Gasteiger partial charge on any atom is 0.418 e. The number of ketones is 1. The second-order valence-corrected chi connectivity index (χ2v) is 8.48. The van der Waals surface area contributed by atoms with Crippen LogP contribution in [-0.4, -0.2) is 31.0 Å². The normalized spacial score (nSPS) is 22.7. The highest BCUT2D eigenvalue weighted by Crippen LogP contribution is 2.40. The Hall–Kier alpha value is -2.83. The highest BCUT2D eigenvalue weighted by molar-refractivity contribution is 6.16. The molecule has 1 aliphatic carbocycles. The number of carbonyl (C=O) groups excluding carboxylic acids is 1. The van der Waals surface area contributed by atoms with Crippen LogP contribution in [0, 0.1) is 11.8 Å². The Bertz CT molecular complexity index is 1050. The number of Topliss-reactive ketones (excluding diaryl/α,β-unsaturated/α-hetero) is 1. The number of carbonyl (C=O) groups is 1. The van der Waals surface area contributed by atoms with E-state index in [0.29, 0.717) is 28.7 Å². The third-order valence-electron chi connectivity index (χ3n) is 6.45. The molecule has 164 valence electrons. The molecular formula is C24H25F3N2O2. The van der Waals surface area contributed by atoms with Crippen LogP contribution < -0.4 is 9.64 Å². The summed E-state index contributed by atoms with van der Waals surface area (Å²) in [5.41, 5.74) is 1.44. The molecule has 2 atom stereocenters. The fraction of sp³-hybridized carbons (Fsp3) is 0.417. The van der Waals surface area contributed by atoms with Crippen LogP contribution >= 0.6 is 0 Å². The molecule has 31 heavy (non-hydrogen) atoms. The van der Waals surface area contributed by atoms with Crippen LogP contribution in [-0.2, 0) is 12.6 Å². The van der Waals surface area contributed by atoms with E-state index in [1.54, 1.807) is 13.2 Å². The third kappa shape index (κ3) is 4.05. The van der Waals surface area contributed by atoms with Gasteiger partial charge in [0.15, 0.2) is 5.78 Å². The van der Waals surface area contributed by atoms with Crippen LogP contribution in [0.5, 0.6) is 5.75 Å². The molecule has 0 N–H and O–H groups in total. The van der Waals surface area contributed by atoms with Gasteiger partial charge < -0.3 is 9.64 Å². The van der Waals surface area contributed by atoms with Crippen molar-refractivity contribution in [3.05, 3.63) is 58.4 Å². The number of hydrogen-bond acceptors (Lipinski definition) is 4. The highest BCUT2D eigenvalue weighted by Gasteiger charge is 2.35. The molecule has 0 spiro atoms. The lowest BCUT2D eigenvalue weighted by molar-refractivity contribution is -0.138. The van der Waals surface area contributed by atoms with E-state index in [1.807, 2.05) is 6.07 Å². The van der Waals surface area contributed by atoms with Gasteiger partial charge in [-0.05, 0) is 54.2 Å². The van der Waals surface area contributed by atoms with E-state index in [-0.39, 0.29) is 17.9 Å². The summed E-state index contributed by atoms with van der Waals surface area (Å²) in [5, 5.41) is 0. The second-order valence-electron chi connectivity index (χ2n) is 8.48. The Balaban J connectivity index is 1.69. The number of allylic oxidation sites excluding steroid dienone is 1. The average molecular weight is 430 g/mol. The molecule has 2 aliphatic rings. The van der Waals surface area contributed by atoms with Crippen LogP contribution in [0.15, 0.2) is 36.0 Å². The molecule has 1 saturated heterocycles. The molecule has 4 nitrogen and oxygen atoms in total. The molecule has 2 heterocycles. The predicted octanol–water partition coefficient (Wildman–Crippen LogP) is 5.41. The molecule has 2 unspecified atom stereocenters. The number of aromatic nitrogens is 1. The van der Waals surface area contributed by atoms with Gasteiger partial charge in [0, 0.05) is 36.8 Å². The molecule has 1 aromatic heterocycles. The molecule has 0 radical (unpaired) electrons. The molecule has 1 aliphatic heterocycles. The van der Waals surface area contributed by atoms with Gasteiger partial charge in [-0.1, -0.05) is 13.8 Å². The quantitative estimate of drug-likeness (QED) is 0.611. The molecule has 0 bridgehead atoms. The zero-order valence-corrected chi connectivity index (χ0v) is 17.8. The Labute approximate surface area is 179 Å². The number of benzene rings is 1. The van der Waals surface area contributed by atoms with Gasteiger partial charge in [0.2, 0.25) is 0 Å². The van der Waals surface area contributed by atoms with Gasteiger partial charge in [-0.25, -0.2) is 0 Å². The van der Waals surface area contributed by atoms with E-state index in [1.165, 1.54) is 18.3 Å². The van der Waals surface area contributed by atoms with Crippen molar-refractivity contribution in [1.29, 1.82) is 0 Å². The monoisotopic (exact) mass is 430 g/mol. The second kappa shape index (κ2) is 8.02. The van der Waals surface area contributed by atoms with Crippen molar-refractivity contribution in [3.8, 4) is 5.75 Å². The average Bonchev–Trinajstić information content (AvgIpc) is 3.03. The zero-order chi connectivity index (χ0) is 22.3. The molecule has 7 heteroatoms. The van der Waals surface area contributed by atoms with Gasteiger partial charge in [-0.2, -0.15) is 13.2 Å². The van der Waals surface area contributed by atoms with E-state index in [4.69, 9.17) is 4.74 Å². The molecule has 1 aromatic carbocycles. The summed E-state index contributed by atoms with van der Waals surface area (Å²) in [4.78, 5) is 19.1. The Kier molecular flexibility index (Phi) is 5.54. The van der Waals surface area contributed by atoms with Crippen molar-refractivity contribution in [3.63, 3.8) is 0 Å². The number of methoxy groups -OCH3 is 1. The maximum absolute atomic E-state index is 13.3. The van der Waals surface area contributed by atoms with Crippen molar-refractivity contribution in [2.75, 3.05) is 25.1 Å². The van der Waals surface area contributed by atoms with Crippen LogP contribution in [0.25, 0.3) is 6.08 Å². The van der Waals surface area contributed by atoms with E-state index in [2.05, 4.69) is 23.7 Å². The van der Waals surface area contributed by atoms with Gasteiger partial charge in [0.05, 0.1) is 24.1 Å². The minimum Gasteiger partial charge on any atom is -0.495 e. The van der Waals surface area contributed by atoms with Gasteiger partial charge in [-0.3, -0.25) is 9.78 Å². The number of rotatable bonds is 3. The SMILES string of the molecule is COc1cc2c(cc1N1CCC(C)C(C)C1)CC(=Cc1ncccc1C(F)(F)F)C2=O. The van der Waals surface area contributed by atoms with Gasteiger partial charge in [-0.15, -0.1) is 0 Å². The van der Waals surface area contributed by atoms with Crippen molar-refractivity contribution in [1.82, 2.24) is 4.98 Å². The Morgan fingerprint density at radius 1 is 1.23 bits per heavy atom. The lowest BCUT2D eigenvalue weighted by Crippen LogP contribution is -2.38. The largest absolute Gasteiger partial charge is 0.495 e. The van der Waals surface area contributed by atoms with Crippen molar-refractivity contribution in [2.24, 2.45) is 11.8 Å². The van der Waals surface area contributed by atoms with Crippen LogP contribution in [0.1, 0.15) is 47.4 Å². The number of nitrogens with zero attached hydrogens (tertiary/aromatic N) is 2. The summed E-state index contributed by atoms with van der Waals surface area (Å²) >= 11 is 0. The fourth-order valence-electron chi connectivity index (χ4n) is 4.37. The van der Waals surface area contributed by atoms with Gasteiger partial charge in [0.1, 0.15) is 5.75 Å². The number of piperidine rings is 1. The highest BCUT2D eigenvalue weighted by atomic mass is 19.4. The molecule has 1 fully saturated rings. The van der Waals surface area contributed by atoms with Crippen molar-refractivity contribution >= 4 is 17.5 Å². The standard InChI is InChI=1S/C24H25F3N2O2/c1-14-6-8-29(13-15(14)2)21-11-16-9-17(23(30)18(16)12-22(21)31-3)10-20-19(24(25,26)27)5-4-7-28-20/h4-5,7,10-12,14-15H,6,8-9,13H2,1-3H3. The number of anilines is 1. The maximum atomic E-state index is 13.3. The summed E-state index contributed by atoms with van der Waals surface area (Å²) in [6.07, 6.45) is -0.617. The number of ether oxygens (including phenoxy) is 1. The number of hydrogen-bond donors (Lipinski definition) is 0. The Morgan fingerprint density at radius 2 is 2.00 bits per heavy atom. The summed E-state index contributed by atoms with van der Waals surface area (Å²) in [5.74, 6) is 1.52. The minimum atomic E-state index is -4.53. The van der Waals surface area contributed by atoms with Crippen LogP contribution in [0.4, 0.5) is 18.9 Å². The molecular weight excluding hydrogens is 405 g/mol. The first kappa shape index (κ1) is 21.4. The Morgan fingerprint density at radius 3 is 2.68 bits per heavy atom. The molecule has 4 rings (SSSR count). The summed E-state index contributed by atoms with van der Waals surface area (Å²) < 4.78 is 45.5. The topological polar surface area (TPSA) is 42.4 Å². The lowest BCUT2D eigenvalue weighted by atomic mass is 9.88. The predicted molar refractivity (Wildman–Crippen MR) is 113 cm³/mol. The van der Waals surface area contributed by atoms with E-state index in [0.717, 1.165) is 36.8 Å². The third-order valence-corrected chi connectivity index (χ3v) is 6.45. The van der Waals surface area contributed by atoms with Crippen LogP contribution in [0.3, 0.4) is 0 Å². The fourth-order valence-corrected chi connectivity index (χ4v) is 4.37. The molecule has 0 saturated carbocycles. The van der Waals surface area contributed by atoms with Crippen LogP contribution in [0.2, 0.25) is 0 Å². The smallest absolute Gasteiger partial charge is 0.418 e. The summed E-state index contributed by atoms with van der Waals surface area (Å²) in [6, 6.07) is 5.90. The first-order chi connectivity index (χ1) is 14.7. The summed E-state index contributed by atoms with van der Waals surface area (Å²) in [7, 11) is 1.57. The number of alkyl halides is 3. The van der Waals surface area contributed by atoms with E-state index < -0.39 is 11.7 Å². The summed E-state index contributed by atoms with van der Waals surface area (Å²) in [6.45, 7) is 6.28. The minimum absolute atomic E-state index is 0.239. The number of halogens is 3. The van der Waals surface area contributed by atoms with Crippen molar-refractivity contribution in [2.45, 2.75) is 32.9 Å². The molecule has 2 aromatic rings. The van der Waals surface area contributed by atoms with E-state index >= 15 is 0 Å². The number of fused-ring (bicyclic) bond motifs is 1. The van der Waals surface area contributed by atoms with Gasteiger partial charge in [0.25, 0.3) is 0 Å². The van der Waals surface area contributed by atoms with Crippen molar-refractivity contribution < 1.29 is 22.7 Å². The van der Waals surface area contributed by atoms with Gasteiger partial charge >= 0.3 is 6.18 Å². The van der Waals surface area contributed by atoms with E-state index in [9.17, 15) is 18.0 Å². The molecule has 0 amide bonds. The lowest BCUT2D eigenvalue weighted by Gasteiger charge is -2.37. The first-order valence-electron chi connectivity index (χ1n) is 10.4. The first-order valence-corrected chi connectivity index (χ1v) is 10.4. The zero-order valence-electron chi connectivity index (χ0n) is 17.8. The number of pyridine rings is 1.